The van der Waals surface area contributed by atoms with Gasteiger partial charge in [-0.15, -0.1) is 0 Å². The predicted octanol–water partition coefficient (Wildman–Crippen LogP) is 4.70. The standard InChI is InChI=1S/C30H40N6OS/c1-23-22-26(24(2)35(23)17-9-15-34-18-20-37-21-19-34)29-28(27-12-6-7-13-32-27)33-30(38)36(29)16-8-14-31-25-10-4-3-5-11-25/h3-7,10-13,22,28-29,31H,8-9,14-21H2,1-2H3,(H,33,38). The Morgan fingerprint density at radius 3 is 2.55 bits per heavy atom. The number of ether oxygens (including phenoxy) is 1. The summed E-state index contributed by atoms with van der Waals surface area (Å²) in [5, 5.41) is 7.96. The van der Waals surface area contributed by atoms with Crippen molar-refractivity contribution in [2.24, 2.45) is 0 Å². The molecule has 2 aliphatic heterocycles. The third-order valence-electron chi connectivity index (χ3n) is 7.77. The number of para-hydroxylation sites is 1. The maximum atomic E-state index is 5.91. The predicted molar refractivity (Wildman–Crippen MR) is 157 cm³/mol. The fourth-order valence-corrected chi connectivity index (χ4v) is 6.10. The van der Waals surface area contributed by atoms with Crippen molar-refractivity contribution in [2.75, 3.05) is 51.3 Å². The van der Waals surface area contributed by atoms with Crippen LogP contribution in [-0.2, 0) is 11.3 Å². The van der Waals surface area contributed by atoms with E-state index in [4.69, 9.17) is 21.9 Å². The highest BCUT2D eigenvalue weighted by Crippen LogP contribution is 2.40. The molecule has 4 heterocycles. The van der Waals surface area contributed by atoms with E-state index in [1.807, 2.05) is 18.3 Å². The molecule has 3 aromatic rings. The highest BCUT2D eigenvalue weighted by molar-refractivity contribution is 7.80. The van der Waals surface area contributed by atoms with Crippen molar-refractivity contribution in [3.63, 3.8) is 0 Å². The Labute approximate surface area is 232 Å². The molecule has 0 radical (unpaired) electrons. The van der Waals surface area contributed by atoms with Crippen LogP contribution in [0.15, 0.2) is 60.8 Å². The number of thiocarbonyl (C=S) groups is 1. The average molecular weight is 533 g/mol. The molecule has 38 heavy (non-hydrogen) atoms. The molecular weight excluding hydrogens is 492 g/mol. The van der Waals surface area contributed by atoms with Crippen molar-refractivity contribution in [3.8, 4) is 0 Å². The summed E-state index contributed by atoms with van der Waals surface area (Å²) < 4.78 is 8.00. The summed E-state index contributed by atoms with van der Waals surface area (Å²) in [6.45, 7) is 12.2. The molecule has 8 heteroatoms. The maximum Gasteiger partial charge on any atom is 0.170 e. The second-order valence-corrected chi connectivity index (χ2v) is 10.6. The fourth-order valence-electron chi connectivity index (χ4n) is 5.77. The molecule has 0 aliphatic carbocycles. The molecule has 2 N–H and O–H groups in total. The van der Waals surface area contributed by atoms with Crippen LogP contribution in [0, 0.1) is 13.8 Å². The molecule has 2 unspecified atom stereocenters. The van der Waals surface area contributed by atoms with Crippen molar-refractivity contribution >= 4 is 23.0 Å². The van der Waals surface area contributed by atoms with Crippen LogP contribution in [-0.4, -0.2) is 70.4 Å². The maximum absolute atomic E-state index is 5.91. The molecule has 0 spiro atoms. The first-order valence-electron chi connectivity index (χ1n) is 13.9. The van der Waals surface area contributed by atoms with Gasteiger partial charge in [-0.25, -0.2) is 0 Å². The Hall–Kier alpha value is -2.94. The number of anilines is 1. The van der Waals surface area contributed by atoms with Gasteiger partial charge in [0.05, 0.1) is 31.0 Å². The first-order valence-corrected chi connectivity index (χ1v) is 14.3. The highest BCUT2D eigenvalue weighted by atomic mass is 32.1. The molecule has 0 amide bonds. The third-order valence-corrected chi connectivity index (χ3v) is 8.12. The van der Waals surface area contributed by atoms with Crippen molar-refractivity contribution in [1.82, 2.24) is 24.7 Å². The monoisotopic (exact) mass is 532 g/mol. The topological polar surface area (TPSA) is 57.6 Å². The molecule has 2 saturated heterocycles. The van der Waals surface area contributed by atoms with Crippen LogP contribution >= 0.6 is 12.2 Å². The molecule has 2 atom stereocenters. The SMILES string of the molecule is Cc1cc(C2C(c3ccccn3)NC(=S)N2CCCNc2ccccc2)c(C)n1CCCN1CCOCC1. The first kappa shape index (κ1) is 26.7. The van der Waals surface area contributed by atoms with Crippen molar-refractivity contribution in [2.45, 2.75) is 45.3 Å². The van der Waals surface area contributed by atoms with Gasteiger partial charge in [-0.05, 0) is 74.8 Å². The number of pyridine rings is 1. The van der Waals surface area contributed by atoms with Gasteiger partial charge in [0.2, 0.25) is 0 Å². The Morgan fingerprint density at radius 2 is 1.79 bits per heavy atom. The summed E-state index contributed by atoms with van der Waals surface area (Å²) >= 11 is 5.91. The average Bonchev–Trinajstić information content (AvgIpc) is 3.43. The summed E-state index contributed by atoms with van der Waals surface area (Å²) in [7, 11) is 0. The molecule has 2 fully saturated rings. The number of nitrogens with zero attached hydrogens (tertiary/aromatic N) is 4. The van der Waals surface area contributed by atoms with E-state index in [1.165, 1.54) is 17.0 Å². The minimum absolute atomic E-state index is 0.0214. The van der Waals surface area contributed by atoms with Gasteiger partial charge in [-0.1, -0.05) is 24.3 Å². The van der Waals surface area contributed by atoms with E-state index in [0.717, 1.165) is 81.8 Å². The van der Waals surface area contributed by atoms with Crippen LogP contribution in [0.2, 0.25) is 0 Å². The molecule has 5 rings (SSSR count). The van der Waals surface area contributed by atoms with E-state index in [0.29, 0.717) is 0 Å². The van der Waals surface area contributed by atoms with Gasteiger partial charge in [0.15, 0.2) is 5.11 Å². The number of benzene rings is 1. The van der Waals surface area contributed by atoms with E-state index in [1.54, 1.807) is 0 Å². The molecule has 0 saturated carbocycles. The second-order valence-electron chi connectivity index (χ2n) is 10.3. The lowest BCUT2D eigenvalue weighted by atomic mass is 9.96. The number of aromatic nitrogens is 2. The first-order chi connectivity index (χ1) is 18.6. The van der Waals surface area contributed by atoms with Crippen LogP contribution in [0.25, 0.3) is 0 Å². The molecule has 1 aromatic carbocycles. The zero-order chi connectivity index (χ0) is 26.3. The van der Waals surface area contributed by atoms with Gasteiger partial charge in [-0.3, -0.25) is 9.88 Å². The molecule has 202 valence electrons. The lowest BCUT2D eigenvalue weighted by Gasteiger charge is -2.28. The van der Waals surface area contributed by atoms with Crippen molar-refractivity contribution in [3.05, 3.63) is 83.4 Å². The van der Waals surface area contributed by atoms with E-state index in [9.17, 15) is 0 Å². The molecule has 7 nitrogen and oxygen atoms in total. The largest absolute Gasteiger partial charge is 0.385 e. The van der Waals surface area contributed by atoms with Crippen LogP contribution in [0.3, 0.4) is 0 Å². The summed E-state index contributed by atoms with van der Waals surface area (Å²) in [5.41, 5.74) is 6.16. The van der Waals surface area contributed by atoms with Crippen molar-refractivity contribution in [1.29, 1.82) is 0 Å². The zero-order valence-corrected chi connectivity index (χ0v) is 23.4. The Kier molecular flexibility index (Phi) is 8.94. The van der Waals surface area contributed by atoms with E-state index >= 15 is 0 Å². The van der Waals surface area contributed by atoms with Gasteiger partial charge in [0, 0.05) is 62.5 Å². The van der Waals surface area contributed by atoms with Crippen molar-refractivity contribution < 1.29 is 4.74 Å². The fraction of sp³-hybridized carbons (Fsp3) is 0.467. The van der Waals surface area contributed by atoms with Gasteiger partial charge in [0.1, 0.15) is 0 Å². The third kappa shape index (κ3) is 6.20. The van der Waals surface area contributed by atoms with Gasteiger partial charge in [0.25, 0.3) is 0 Å². The Bertz CT molecular complexity index is 1180. The Morgan fingerprint density at radius 1 is 1.00 bits per heavy atom. The van der Waals surface area contributed by atoms with Gasteiger partial charge >= 0.3 is 0 Å². The van der Waals surface area contributed by atoms with Crippen LogP contribution in [0.4, 0.5) is 5.69 Å². The summed E-state index contributed by atoms with van der Waals surface area (Å²) in [6.07, 6.45) is 3.99. The molecular formula is C30H40N6OS. The number of morpholine rings is 1. The number of rotatable bonds is 11. The lowest BCUT2D eigenvalue weighted by Crippen LogP contribution is -2.37. The van der Waals surface area contributed by atoms with Crippen LogP contribution in [0.1, 0.15) is 47.6 Å². The van der Waals surface area contributed by atoms with Crippen LogP contribution in [0.5, 0.6) is 0 Å². The van der Waals surface area contributed by atoms with E-state index < -0.39 is 0 Å². The van der Waals surface area contributed by atoms with E-state index in [-0.39, 0.29) is 12.1 Å². The minimum atomic E-state index is 0.0214. The molecule has 2 aromatic heterocycles. The highest BCUT2D eigenvalue weighted by Gasteiger charge is 2.41. The van der Waals surface area contributed by atoms with E-state index in [2.05, 4.69) is 81.3 Å². The summed E-state index contributed by atoms with van der Waals surface area (Å²) in [5.74, 6) is 0. The molecule has 0 bridgehead atoms. The Balaban J connectivity index is 1.32. The molecule has 2 aliphatic rings. The number of aryl methyl sites for hydroxylation is 1. The number of nitrogens with one attached hydrogen (secondary N) is 2. The van der Waals surface area contributed by atoms with Gasteiger partial charge in [-0.2, -0.15) is 0 Å². The summed E-state index contributed by atoms with van der Waals surface area (Å²) in [4.78, 5) is 9.61. The van der Waals surface area contributed by atoms with Crippen LogP contribution < -0.4 is 10.6 Å². The zero-order valence-electron chi connectivity index (χ0n) is 22.6. The number of hydrogen-bond acceptors (Lipinski definition) is 5. The normalized spacial score (nSPS) is 20.1. The minimum Gasteiger partial charge on any atom is -0.385 e. The van der Waals surface area contributed by atoms with Gasteiger partial charge < -0.3 is 24.8 Å². The summed E-state index contributed by atoms with van der Waals surface area (Å²) in [6, 6.07) is 19.0. The lowest BCUT2D eigenvalue weighted by molar-refractivity contribution is 0.0369. The quantitative estimate of drug-likeness (QED) is 0.274. The smallest absolute Gasteiger partial charge is 0.170 e. The number of hydrogen-bond donors (Lipinski definition) is 2. The second kappa shape index (κ2) is 12.7.